The standard InChI is InChI=1S/C11H14Br2/c1-8(2)10(12)11(13)9-6-4-3-5-7-9/h3-8,10-11H,1-2H3. The summed E-state index contributed by atoms with van der Waals surface area (Å²) in [5, 5.41) is 0. The Hall–Kier alpha value is 0.180. The Morgan fingerprint density at radius 2 is 1.54 bits per heavy atom. The summed E-state index contributed by atoms with van der Waals surface area (Å²) in [6.45, 7) is 4.44. The highest BCUT2D eigenvalue weighted by Crippen LogP contribution is 2.34. The van der Waals surface area contributed by atoms with Crippen LogP contribution < -0.4 is 0 Å². The zero-order valence-corrected chi connectivity index (χ0v) is 11.0. The predicted molar refractivity (Wildman–Crippen MR) is 65.7 cm³/mol. The normalized spacial score (nSPS) is 15.8. The van der Waals surface area contributed by atoms with Crippen LogP contribution in [0.4, 0.5) is 0 Å². The van der Waals surface area contributed by atoms with Gasteiger partial charge in [0.25, 0.3) is 0 Å². The van der Waals surface area contributed by atoms with Crippen molar-refractivity contribution in [3.05, 3.63) is 35.9 Å². The first-order valence-electron chi connectivity index (χ1n) is 4.46. The molecule has 0 nitrogen and oxygen atoms in total. The third-order valence-corrected chi connectivity index (χ3v) is 5.43. The monoisotopic (exact) mass is 304 g/mol. The molecule has 0 aliphatic heterocycles. The third-order valence-electron chi connectivity index (χ3n) is 2.03. The molecule has 1 aromatic rings. The van der Waals surface area contributed by atoms with Crippen LogP contribution in [-0.2, 0) is 0 Å². The molecular weight excluding hydrogens is 292 g/mol. The van der Waals surface area contributed by atoms with Gasteiger partial charge in [-0.15, -0.1) is 0 Å². The minimum Gasteiger partial charge on any atom is -0.0872 e. The molecule has 0 spiro atoms. The van der Waals surface area contributed by atoms with Crippen molar-refractivity contribution in [3.8, 4) is 0 Å². The van der Waals surface area contributed by atoms with Crippen molar-refractivity contribution >= 4 is 31.9 Å². The predicted octanol–water partition coefficient (Wildman–Crippen LogP) is 4.54. The Labute approximate surface area is 97.0 Å². The second-order valence-corrected chi connectivity index (χ2v) is 5.54. The van der Waals surface area contributed by atoms with Crippen molar-refractivity contribution in [3.63, 3.8) is 0 Å². The van der Waals surface area contributed by atoms with Crippen LogP contribution in [0.15, 0.2) is 30.3 Å². The van der Waals surface area contributed by atoms with Crippen LogP contribution in [0.3, 0.4) is 0 Å². The lowest BCUT2D eigenvalue weighted by molar-refractivity contribution is 0.610. The van der Waals surface area contributed by atoms with Gasteiger partial charge in [-0.3, -0.25) is 0 Å². The van der Waals surface area contributed by atoms with E-state index in [1.54, 1.807) is 0 Å². The van der Waals surface area contributed by atoms with Crippen molar-refractivity contribution < 1.29 is 0 Å². The summed E-state index contributed by atoms with van der Waals surface area (Å²) in [5.41, 5.74) is 1.33. The van der Waals surface area contributed by atoms with Gasteiger partial charge in [0.2, 0.25) is 0 Å². The van der Waals surface area contributed by atoms with Crippen molar-refractivity contribution in [2.45, 2.75) is 23.5 Å². The minimum absolute atomic E-state index is 0.397. The number of halogens is 2. The SMILES string of the molecule is CC(C)C(Br)C(Br)c1ccccc1. The second-order valence-electron chi connectivity index (χ2n) is 3.50. The highest BCUT2D eigenvalue weighted by molar-refractivity contribution is 9.12. The van der Waals surface area contributed by atoms with E-state index in [0.717, 1.165) is 0 Å². The van der Waals surface area contributed by atoms with Gasteiger partial charge in [-0.2, -0.15) is 0 Å². The largest absolute Gasteiger partial charge is 0.0872 e. The first-order valence-corrected chi connectivity index (χ1v) is 6.29. The summed E-state index contributed by atoms with van der Waals surface area (Å²) in [6.07, 6.45) is 0. The van der Waals surface area contributed by atoms with Crippen LogP contribution in [0.5, 0.6) is 0 Å². The average Bonchev–Trinajstić information content (AvgIpc) is 2.17. The smallest absolute Gasteiger partial charge is 0.0522 e. The van der Waals surface area contributed by atoms with Crippen LogP contribution in [0, 0.1) is 5.92 Å². The van der Waals surface area contributed by atoms with Gasteiger partial charge in [0.05, 0.1) is 4.83 Å². The molecule has 1 aromatic carbocycles. The minimum atomic E-state index is 0.397. The Morgan fingerprint density at radius 3 is 2.00 bits per heavy atom. The number of hydrogen-bond donors (Lipinski definition) is 0. The Bertz CT molecular complexity index is 244. The molecule has 2 unspecified atom stereocenters. The summed E-state index contributed by atoms with van der Waals surface area (Å²) in [6, 6.07) is 10.5. The van der Waals surface area contributed by atoms with Gasteiger partial charge in [-0.25, -0.2) is 0 Å². The Balaban J connectivity index is 2.73. The van der Waals surface area contributed by atoms with Crippen LogP contribution in [-0.4, -0.2) is 4.83 Å². The number of alkyl halides is 2. The molecule has 72 valence electrons. The molecule has 2 heteroatoms. The molecule has 13 heavy (non-hydrogen) atoms. The van der Waals surface area contributed by atoms with E-state index in [1.807, 2.05) is 6.07 Å². The molecular formula is C11H14Br2. The molecule has 0 radical (unpaired) electrons. The maximum atomic E-state index is 3.71. The topological polar surface area (TPSA) is 0 Å². The molecule has 1 rings (SSSR count). The van der Waals surface area contributed by atoms with Gasteiger partial charge in [0.15, 0.2) is 0 Å². The van der Waals surface area contributed by atoms with Gasteiger partial charge >= 0.3 is 0 Å². The Morgan fingerprint density at radius 1 is 1.00 bits per heavy atom. The van der Waals surface area contributed by atoms with E-state index in [4.69, 9.17) is 0 Å². The van der Waals surface area contributed by atoms with E-state index in [0.29, 0.717) is 15.6 Å². The summed E-state index contributed by atoms with van der Waals surface area (Å²) in [4.78, 5) is 0.878. The number of rotatable bonds is 3. The average molecular weight is 306 g/mol. The first-order chi connectivity index (χ1) is 6.13. The van der Waals surface area contributed by atoms with E-state index in [-0.39, 0.29) is 0 Å². The molecule has 0 N–H and O–H groups in total. The zero-order valence-electron chi connectivity index (χ0n) is 7.87. The molecule has 0 saturated heterocycles. The van der Waals surface area contributed by atoms with Crippen molar-refractivity contribution in [2.24, 2.45) is 5.92 Å². The van der Waals surface area contributed by atoms with Gasteiger partial charge < -0.3 is 0 Å². The molecule has 2 atom stereocenters. The van der Waals surface area contributed by atoms with E-state index < -0.39 is 0 Å². The van der Waals surface area contributed by atoms with Gasteiger partial charge in [0, 0.05) is 4.83 Å². The fourth-order valence-electron chi connectivity index (χ4n) is 1.16. The highest BCUT2D eigenvalue weighted by Gasteiger charge is 2.20. The van der Waals surface area contributed by atoms with Crippen LogP contribution in [0.1, 0.15) is 24.2 Å². The molecule has 0 bridgehead atoms. The lowest BCUT2D eigenvalue weighted by atomic mass is 10.0. The lowest BCUT2D eigenvalue weighted by Gasteiger charge is -2.20. The zero-order chi connectivity index (χ0) is 9.84. The molecule has 0 amide bonds. The van der Waals surface area contributed by atoms with Gasteiger partial charge in [0.1, 0.15) is 0 Å². The third kappa shape index (κ3) is 3.10. The summed E-state index contributed by atoms with van der Waals surface area (Å²) in [7, 11) is 0. The van der Waals surface area contributed by atoms with Crippen molar-refractivity contribution in [2.75, 3.05) is 0 Å². The molecule has 0 saturated carbocycles. The van der Waals surface area contributed by atoms with E-state index in [1.165, 1.54) is 5.56 Å². The summed E-state index contributed by atoms with van der Waals surface area (Å²) < 4.78 is 0. The first kappa shape index (κ1) is 11.3. The van der Waals surface area contributed by atoms with Crippen LogP contribution in [0.25, 0.3) is 0 Å². The quantitative estimate of drug-likeness (QED) is 0.719. The second kappa shape index (κ2) is 5.16. The maximum Gasteiger partial charge on any atom is 0.0522 e. The fourth-order valence-corrected chi connectivity index (χ4v) is 2.38. The molecule has 0 fully saturated rings. The lowest BCUT2D eigenvalue weighted by Crippen LogP contribution is -2.13. The van der Waals surface area contributed by atoms with E-state index in [9.17, 15) is 0 Å². The molecule has 0 aliphatic carbocycles. The van der Waals surface area contributed by atoms with Crippen LogP contribution in [0.2, 0.25) is 0 Å². The van der Waals surface area contributed by atoms with Crippen LogP contribution >= 0.6 is 31.9 Å². The number of hydrogen-bond acceptors (Lipinski definition) is 0. The van der Waals surface area contributed by atoms with E-state index in [2.05, 4.69) is 70.0 Å². The van der Waals surface area contributed by atoms with Crippen molar-refractivity contribution in [1.82, 2.24) is 0 Å². The maximum absolute atomic E-state index is 3.71. The summed E-state index contributed by atoms with van der Waals surface area (Å²) in [5.74, 6) is 0.629. The molecule has 0 aromatic heterocycles. The molecule has 0 heterocycles. The summed E-state index contributed by atoms with van der Waals surface area (Å²) >= 11 is 7.40. The van der Waals surface area contributed by atoms with Crippen molar-refractivity contribution in [1.29, 1.82) is 0 Å². The fraction of sp³-hybridized carbons (Fsp3) is 0.455. The molecule has 0 aliphatic rings. The Kier molecular flexibility index (Phi) is 4.47. The number of benzene rings is 1. The van der Waals surface area contributed by atoms with Gasteiger partial charge in [-0.1, -0.05) is 76.0 Å². The van der Waals surface area contributed by atoms with Gasteiger partial charge in [-0.05, 0) is 11.5 Å². The highest BCUT2D eigenvalue weighted by atomic mass is 79.9. The van der Waals surface area contributed by atoms with E-state index >= 15 is 0 Å².